The molecule has 0 aliphatic carbocycles. The van der Waals surface area contributed by atoms with Crippen LogP contribution in [0, 0.1) is 13.8 Å². The summed E-state index contributed by atoms with van der Waals surface area (Å²) in [6, 6.07) is 9.05. The van der Waals surface area contributed by atoms with Gasteiger partial charge in [-0.15, -0.1) is 11.3 Å². The molecule has 2 heterocycles. The zero-order valence-electron chi connectivity index (χ0n) is 12.9. The van der Waals surface area contributed by atoms with E-state index in [9.17, 15) is 0 Å². The van der Waals surface area contributed by atoms with Crippen molar-refractivity contribution in [1.82, 2.24) is 10.3 Å². The molecule has 3 nitrogen and oxygen atoms in total. The zero-order valence-corrected chi connectivity index (χ0v) is 13.8. The molecular weight excluding hydrogens is 278 g/mol. The Kier molecular flexibility index (Phi) is 4.27. The van der Waals surface area contributed by atoms with Crippen LogP contribution in [-0.4, -0.2) is 18.1 Å². The summed E-state index contributed by atoms with van der Waals surface area (Å²) in [5.74, 6) is 0.630. The normalized spacial score (nSPS) is 18.3. The number of aryl methyl sites for hydroxylation is 2. The summed E-state index contributed by atoms with van der Waals surface area (Å²) < 4.78 is 0. The van der Waals surface area contributed by atoms with Crippen molar-refractivity contribution in [2.45, 2.75) is 39.2 Å². The zero-order chi connectivity index (χ0) is 14.8. The number of hydrogen-bond acceptors (Lipinski definition) is 4. The number of hydrogen-bond donors (Lipinski definition) is 2. The van der Waals surface area contributed by atoms with E-state index in [0.717, 1.165) is 18.1 Å². The van der Waals surface area contributed by atoms with Crippen molar-refractivity contribution in [3.63, 3.8) is 0 Å². The summed E-state index contributed by atoms with van der Waals surface area (Å²) in [4.78, 5) is 5.89. The van der Waals surface area contributed by atoms with Crippen LogP contribution in [0.25, 0.3) is 0 Å². The Hall–Kier alpha value is -1.39. The lowest BCUT2D eigenvalue weighted by atomic mass is 9.98. The fourth-order valence-electron chi connectivity index (χ4n) is 3.13. The topological polar surface area (TPSA) is 37.0 Å². The third-order valence-electron chi connectivity index (χ3n) is 4.22. The predicted molar refractivity (Wildman–Crippen MR) is 90.3 cm³/mol. The summed E-state index contributed by atoms with van der Waals surface area (Å²) in [5, 5.41) is 8.31. The molecule has 1 aliphatic heterocycles. The molecule has 1 aromatic carbocycles. The van der Waals surface area contributed by atoms with Gasteiger partial charge in [-0.2, -0.15) is 0 Å². The van der Waals surface area contributed by atoms with Gasteiger partial charge in [-0.1, -0.05) is 18.2 Å². The molecule has 0 spiro atoms. The van der Waals surface area contributed by atoms with Gasteiger partial charge >= 0.3 is 0 Å². The van der Waals surface area contributed by atoms with Crippen LogP contribution in [0.2, 0.25) is 0 Å². The number of nitrogens with zero attached hydrogens (tertiary/aromatic N) is 1. The predicted octanol–water partition coefficient (Wildman–Crippen LogP) is 4.01. The van der Waals surface area contributed by atoms with Crippen LogP contribution >= 0.6 is 11.3 Å². The maximum absolute atomic E-state index is 4.52. The van der Waals surface area contributed by atoms with E-state index in [0.29, 0.717) is 12.0 Å². The van der Waals surface area contributed by atoms with Gasteiger partial charge in [0.1, 0.15) is 0 Å². The van der Waals surface area contributed by atoms with Gasteiger partial charge in [0.05, 0.1) is 10.7 Å². The first kappa shape index (κ1) is 14.5. The average Bonchev–Trinajstić information content (AvgIpc) is 3.02. The Morgan fingerprint density at radius 1 is 1.38 bits per heavy atom. The van der Waals surface area contributed by atoms with Gasteiger partial charge in [0.15, 0.2) is 0 Å². The van der Waals surface area contributed by atoms with E-state index in [1.165, 1.54) is 28.2 Å². The molecule has 2 N–H and O–H groups in total. The van der Waals surface area contributed by atoms with Crippen LogP contribution in [0.3, 0.4) is 0 Å². The Morgan fingerprint density at radius 2 is 2.19 bits per heavy atom. The number of fused-ring (bicyclic) bond motifs is 1. The minimum absolute atomic E-state index is 0.390. The lowest BCUT2D eigenvalue weighted by molar-refractivity contribution is 0.533. The van der Waals surface area contributed by atoms with E-state index < -0.39 is 0 Å². The van der Waals surface area contributed by atoms with Gasteiger partial charge in [0.2, 0.25) is 0 Å². The van der Waals surface area contributed by atoms with Crippen molar-refractivity contribution in [2.24, 2.45) is 0 Å². The third-order valence-corrected chi connectivity index (χ3v) is 5.47. The van der Waals surface area contributed by atoms with Gasteiger partial charge in [-0.3, -0.25) is 0 Å². The quantitative estimate of drug-likeness (QED) is 0.876. The third kappa shape index (κ3) is 3.11. The molecule has 1 aromatic heterocycles. The van der Waals surface area contributed by atoms with Gasteiger partial charge in [-0.05, 0) is 45.4 Å². The summed E-state index contributed by atoms with van der Waals surface area (Å²) >= 11 is 1.81. The van der Waals surface area contributed by atoms with Crippen molar-refractivity contribution < 1.29 is 0 Å². The number of para-hydroxylation sites is 1. The molecule has 0 saturated heterocycles. The smallest absolute Gasteiger partial charge is 0.0900 e. The van der Waals surface area contributed by atoms with Crippen molar-refractivity contribution in [3.8, 4) is 0 Å². The molecule has 21 heavy (non-hydrogen) atoms. The highest BCUT2D eigenvalue weighted by atomic mass is 32.1. The van der Waals surface area contributed by atoms with Gasteiger partial charge in [0, 0.05) is 29.1 Å². The van der Waals surface area contributed by atoms with Crippen molar-refractivity contribution in [2.75, 3.05) is 18.4 Å². The minimum atomic E-state index is 0.390. The molecule has 0 bridgehead atoms. The Labute approximate surface area is 130 Å². The van der Waals surface area contributed by atoms with Crippen LogP contribution in [0.1, 0.15) is 46.4 Å². The van der Waals surface area contributed by atoms with E-state index in [1.807, 2.05) is 11.3 Å². The highest BCUT2D eigenvalue weighted by Crippen LogP contribution is 2.33. The number of nitrogens with one attached hydrogen (secondary N) is 2. The first-order valence-corrected chi connectivity index (χ1v) is 8.47. The Morgan fingerprint density at radius 3 is 2.95 bits per heavy atom. The van der Waals surface area contributed by atoms with E-state index in [2.05, 4.69) is 60.7 Å². The van der Waals surface area contributed by atoms with E-state index in [-0.39, 0.29) is 0 Å². The number of anilines is 1. The molecule has 2 unspecified atom stereocenters. The Balaban J connectivity index is 1.54. The van der Waals surface area contributed by atoms with Crippen molar-refractivity contribution in [1.29, 1.82) is 0 Å². The van der Waals surface area contributed by atoms with Crippen LogP contribution in [-0.2, 0) is 0 Å². The second-order valence-corrected chi connectivity index (χ2v) is 7.05. The number of aromatic nitrogens is 1. The minimum Gasteiger partial charge on any atom is -0.384 e. The van der Waals surface area contributed by atoms with Crippen molar-refractivity contribution in [3.05, 3.63) is 45.4 Å². The van der Waals surface area contributed by atoms with Crippen LogP contribution in [0.15, 0.2) is 24.3 Å². The maximum atomic E-state index is 4.52. The molecule has 0 radical (unpaired) electrons. The molecule has 0 saturated carbocycles. The van der Waals surface area contributed by atoms with Crippen LogP contribution in [0.5, 0.6) is 0 Å². The molecule has 4 heteroatoms. The number of rotatable bonds is 5. The Bertz CT molecular complexity index is 620. The monoisotopic (exact) mass is 301 g/mol. The van der Waals surface area contributed by atoms with Crippen LogP contribution < -0.4 is 10.6 Å². The lowest BCUT2D eigenvalue weighted by Crippen LogP contribution is -2.21. The van der Waals surface area contributed by atoms with Crippen LogP contribution in [0.4, 0.5) is 5.69 Å². The average molecular weight is 301 g/mol. The first-order chi connectivity index (χ1) is 10.1. The van der Waals surface area contributed by atoms with Gasteiger partial charge < -0.3 is 10.6 Å². The van der Waals surface area contributed by atoms with Crippen molar-refractivity contribution >= 4 is 17.0 Å². The van der Waals surface area contributed by atoms with E-state index >= 15 is 0 Å². The summed E-state index contributed by atoms with van der Waals surface area (Å²) in [6.07, 6.45) is 1.17. The molecular formula is C17H23N3S. The second kappa shape index (κ2) is 6.16. The fourth-order valence-corrected chi connectivity index (χ4v) is 4.08. The van der Waals surface area contributed by atoms with Gasteiger partial charge in [0.25, 0.3) is 0 Å². The second-order valence-electron chi connectivity index (χ2n) is 5.81. The summed E-state index contributed by atoms with van der Waals surface area (Å²) in [5.41, 5.74) is 3.95. The molecule has 0 amide bonds. The fraction of sp³-hybridized carbons (Fsp3) is 0.471. The van der Waals surface area contributed by atoms with E-state index in [1.54, 1.807) is 0 Å². The molecule has 0 fully saturated rings. The molecule has 3 rings (SSSR count). The molecule has 112 valence electrons. The first-order valence-electron chi connectivity index (χ1n) is 7.65. The lowest BCUT2D eigenvalue weighted by Gasteiger charge is -2.15. The highest BCUT2D eigenvalue weighted by molar-refractivity contribution is 7.11. The number of benzene rings is 1. The standard InChI is InChI=1S/C17H23N3S/c1-11(17-12(2)20-13(3)21-17)18-9-8-14-10-19-16-7-5-4-6-15(14)16/h4-7,11,14,18-19H,8-10H2,1-3H3. The maximum Gasteiger partial charge on any atom is 0.0900 e. The summed E-state index contributed by atoms with van der Waals surface area (Å²) in [7, 11) is 0. The largest absolute Gasteiger partial charge is 0.384 e. The highest BCUT2D eigenvalue weighted by Gasteiger charge is 2.21. The van der Waals surface area contributed by atoms with E-state index in [4.69, 9.17) is 0 Å². The SMILES string of the molecule is Cc1nc(C)c(C(C)NCCC2CNc3ccccc32)s1. The molecule has 1 aliphatic rings. The molecule has 2 aromatic rings. The molecule has 2 atom stereocenters. The summed E-state index contributed by atoms with van der Waals surface area (Å²) in [6.45, 7) is 8.52. The number of thiazole rings is 1. The van der Waals surface area contributed by atoms with Gasteiger partial charge in [-0.25, -0.2) is 4.98 Å².